The first-order valence-electron chi connectivity index (χ1n) is 8.55. The number of aromatic nitrogens is 3. The molecule has 2 aromatic rings. The molecule has 3 rings (SSSR count). The van der Waals surface area contributed by atoms with Gasteiger partial charge in [0.15, 0.2) is 0 Å². The van der Waals surface area contributed by atoms with Crippen molar-refractivity contribution in [2.75, 3.05) is 6.54 Å². The Morgan fingerprint density at radius 3 is 2.52 bits per heavy atom. The number of likely N-dealkylation sites (tertiary alicyclic amines) is 1. The van der Waals surface area contributed by atoms with Crippen LogP contribution in [-0.4, -0.2) is 31.5 Å². The Balaban J connectivity index is 2.36. The van der Waals surface area contributed by atoms with Gasteiger partial charge < -0.3 is 4.90 Å². The number of amides is 1. The molecule has 0 spiro atoms. The number of fused-ring (bicyclic) bond motifs is 1. The first-order chi connectivity index (χ1) is 12.6. The summed E-state index contributed by atoms with van der Waals surface area (Å²) in [7, 11) is 2.39. The van der Waals surface area contributed by atoms with Crippen LogP contribution in [0.4, 0.5) is 13.2 Å². The fourth-order valence-electron chi connectivity index (χ4n) is 3.54. The molecule has 1 aliphatic rings. The van der Waals surface area contributed by atoms with Crippen LogP contribution in [0.2, 0.25) is 0 Å². The molecule has 0 aromatic carbocycles. The normalized spacial score (nSPS) is 17.7. The minimum Gasteiger partial charge on any atom is -0.334 e. The van der Waals surface area contributed by atoms with E-state index in [9.17, 15) is 27.6 Å². The van der Waals surface area contributed by atoms with E-state index in [0.29, 0.717) is 24.0 Å². The summed E-state index contributed by atoms with van der Waals surface area (Å²) >= 11 is 0. The summed E-state index contributed by atoms with van der Waals surface area (Å²) in [6.07, 6.45) is -3.46. The van der Waals surface area contributed by atoms with Crippen LogP contribution in [0.15, 0.2) is 15.7 Å². The third kappa shape index (κ3) is 3.02. The molecule has 1 atom stereocenters. The molecule has 146 valence electrons. The molecule has 7 nitrogen and oxygen atoms in total. The van der Waals surface area contributed by atoms with Crippen LogP contribution in [0.5, 0.6) is 0 Å². The van der Waals surface area contributed by atoms with Gasteiger partial charge in [0.25, 0.3) is 5.56 Å². The monoisotopic (exact) mass is 384 g/mol. The van der Waals surface area contributed by atoms with Crippen molar-refractivity contribution in [1.82, 2.24) is 19.0 Å². The van der Waals surface area contributed by atoms with Gasteiger partial charge in [-0.15, -0.1) is 0 Å². The number of halogens is 3. The lowest BCUT2D eigenvalue weighted by molar-refractivity contribution is -0.136. The van der Waals surface area contributed by atoms with Gasteiger partial charge in [-0.25, -0.2) is 9.78 Å². The smallest absolute Gasteiger partial charge is 0.334 e. The van der Waals surface area contributed by atoms with Crippen molar-refractivity contribution in [2.24, 2.45) is 14.1 Å². The number of nitrogens with zero attached hydrogens (tertiary/aromatic N) is 4. The molecule has 27 heavy (non-hydrogen) atoms. The van der Waals surface area contributed by atoms with Crippen molar-refractivity contribution in [1.29, 1.82) is 0 Å². The molecule has 0 aliphatic carbocycles. The molecule has 3 heterocycles. The third-order valence-corrected chi connectivity index (χ3v) is 4.95. The molecular formula is C17H19F3N4O3. The van der Waals surface area contributed by atoms with Gasteiger partial charge in [0.1, 0.15) is 5.65 Å². The molecule has 1 aliphatic heterocycles. The highest BCUT2D eigenvalue weighted by Gasteiger charge is 2.38. The van der Waals surface area contributed by atoms with E-state index in [1.54, 1.807) is 6.92 Å². The molecule has 1 fully saturated rings. The van der Waals surface area contributed by atoms with Gasteiger partial charge in [-0.1, -0.05) is 6.92 Å². The molecule has 0 bridgehead atoms. The largest absolute Gasteiger partial charge is 0.417 e. The van der Waals surface area contributed by atoms with E-state index in [-0.39, 0.29) is 23.7 Å². The fourth-order valence-corrected chi connectivity index (χ4v) is 3.54. The minimum atomic E-state index is -4.81. The number of pyridine rings is 1. The molecule has 0 radical (unpaired) electrons. The fraction of sp³-hybridized carbons (Fsp3) is 0.529. The average molecular weight is 384 g/mol. The van der Waals surface area contributed by atoms with Crippen LogP contribution >= 0.6 is 0 Å². The number of hydrogen-bond acceptors (Lipinski definition) is 4. The molecule has 1 amide bonds. The minimum absolute atomic E-state index is 0.0392. The zero-order valence-corrected chi connectivity index (χ0v) is 15.1. The topological polar surface area (TPSA) is 77.2 Å². The van der Waals surface area contributed by atoms with Crippen molar-refractivity contribution in [2.45, 2.75) is 38.4 Å². The Morgan fingerprint density at radius 2 is 1.93 bits per heavy atom. The number of alkyl halides is 3. The predicted molar refractivity (Wildman–Crippen MR) is 91.2 cm³/mol. The van der Waals surface area contributed by atoms with Crippen LogP contribution in [-0.2, 0) is 25.1 Å². The SMILES string of the molecule is CCC(=O)N1CCCC1c1cc(C(F)(F)F)c2c(=O)n(C)c(=O)n(C)c2n1. The van der Waals surface area contributed by atoms with Gasteiger partial charge in [-0.05, 0) is 18.9 Å². The second-order valence-corrected chi connectivity index (χ2v) is 6.60. The van der Waals surface area contributed by atoms with Crippen molar-refractivity contribution in [3.05, 3.63) is 38.2 Å². The molecular weight excluding hydrogens is 365 g/mol. The Bertz CT molecular complexity index is 1040. The lowest BCUT2D eigenvalue weighted by Gasteiger charge is -2.25. The van der Waals surface area contributed by atoms with E-state index in [2.05, 4.69) is 4.98 Å². The molecule has 10 heteroatoms. The Hall–Kier alpha value is -2.65. The Morgan fingerprint density at radius 1 is 1.26 bits per heavy atom. The predicted octanol–water partition coefficient (Wildman–Crippen LogP) is 1.72. The van der Waals surface area contributed by atoms with Crippen LogP contribution in [0.3, 0.4) is 0 Å². The highest BCUT2D eigenvalue weighted by atomic mass is 19.4. The number of carbonyl (C=O) groups excluding carboxylic acids is 1. The molecule has 2 aromatic heterocycles. The van der Waals surface area contributed by atoms with E-state index in [1.807, 2.05) is 0 Å². The van der Waals surface area contributed by atoms with E-state index in [1.165, 1.54) is 11.9 Å². The highest BCUT2D eigenvalue weighted by molar-refractivity contribution is 5.80. The van der Waals surface area contributed by atoms with E-state index in [0.717, 1.165) is 17.7 Å². The van der Waals surface area contributed by atoms with Gasteiger partial charge in [-0.2, -0.15) is 13.2 Å². The summed E-state index contributed by atoms with van der Waals surface area (Å²) in [5, 5.41) is -0.651. The molecule has 1 saturated heterocycles. The summed E-state index contributed by atoms with van der Waals surface area (Å²) in [5.41, 5.74) is -3.25. The van der Waals surface area contributed by atoms with Gasteiger partial charge in [0, 0.05) is 27.1 Å². The molecule has 0 saturated carbocycles. The lowest BCUT2D eigenvalue weighted by Crippen LogP contribution is -2.38. The maximum absolute atomic E-state index is 13.7. The van der Waals surface area contributed by atoms with Gasteiger partial charge in [0.05, 0.1) is 22.7 Å². The first kappa shape index (κ1) is 19.1. The van der Waals surface area contributed by atoms with Crippen molar-refractivity contribution < 1.29 is 18.0 Å². The lowest BCUT2D eigenvalue weighted by atomic mass is 10.0. The third-order valence-electron chi connectivity index (χ3n) is 4.95. The van der Waals surface area contributed by atoms with Crippen molar-refractivity contribution >= 4 is 16.9 Å². The van der Waals surface area contributed by atoms with Gasteiger partial charge in [-0.3, -0.25) is 18.7 Å². The van der Waals surface area contributed by atoms with Crippen LogP contribution < -0.4 is 11.2 Å². The molecule has 1 unspecified atom stereocenters. The van der Waals surface area contributed by atoms with Gasteiger partial charge >= 0.3 is 11.9 Å². The van der Waals surface area contributed by atoms with Gasteiger partial charge in [0.2, 0.25) is 5.91 Å². The second-order valence-electron chi connectivity index (χ2n) is 6.60. The van der Waals surface area contributed by atoms with E-state index < -0.39 is 34.4 Å². The van der Waals surface area contributed by atoms with E-state index in [4.69, 9.17) is 0 Å². The Labute approximate surface area is 152 Å². The zero-order valence-electron chi connectivity index (χ0n) is 15.1. The zero-order chi connectivity index (χ0) is 20.1. The number of aryl methyl sites for hydroxylation is 1. The number of carbonyl (C=O) groups is 1. The molecule has 0 N–H and O–H groups in total. The highest BCUT2D eigenvalue weighted by Crippen LogP contribution is 2.37. The summed E-state index contributed by atoms with van der Waals surface area (Å²) in [6.45, 7) is 2.12. The van der Waals surface area contributed by atoms with Crippen LogP contribution in [0.1, 0.15) is 43.5 Å². The standard InChI is InChI=1S/C17H19F3N4O3/c1-4-12(25)24-7-5-6-11(24)10-8-9(17(18,19)20)13-14(21-10)22(2)16(27)23(3)15(13)26/h8,11H,4-7H2,1-3H3. The van der Waals surface area contributed by atoms with Crippen LogP contribution in [0, 0.1) is 0 Å². The number of rotatable bonds is 2. The quantitative estimate of drug-likeness (QED) is 0.790. The summed E-state index contributed by atoms with van der Waals surface area (Å²) in [4.78, 5) is 42.4. The average Bonchev–Trinajstić information content (AvgIpc) is 3.12. The Kier molecular flexibility index (Phi) is 4.61. The summed E-state index contributed by atoms with van der Waals surface area (Å²) in [5.74, 6) is -0.175. The van der Waals surface area contributed by atoms with Crippen molar-refractivity contribution in [3.63, 3.8) is 0 Å². The maximum Gasteiger partial charge on any atom is 0.417 e. The van der Waals surface area contributed by atoms with Crippen LogP contribution in [0.25, 0.3) is 11.0 Å². The maximum atomic E-state index is 13.7. The summed E-state index contributed by atoms with van der Waals surface area (Å²) in [6, 6.07) is 0.224. The number of hydrogen-bond donors (Lipinski definition) is 0. The first-order valence-corrected chi connectivity index (χ1v) is 8.55. The summed E-state index contributed by atoms with van der Waals surface area (Å²) < 4.78 is 42.7. The van der Waals surface area contributed by atoms with E-state index >= 15 is 0 Å². The second kappa shape index (κ2) is 6.50. The van der Waals surface area contributed by atoms with Crippen molar-refractivity contribution in [3.8, 4) is 0 Å².